The van der Waals surface area contributed by atoms with Gasteiger partial charge in [0.05, 0.1) is 0 Å². The van der Waals surface area contributed by atoms with Gasteiger partial charge in [0.2, 0.25) is 0 Å². The summed E-state index contributed by atoms with van der Waals surface area (Å²) in [6, 6.07) is 7.52. The summed E-state index contributed by atoms with van der Waals surface area (Å²) in [5.74, 6) is 0.554. The smallest absolute Gasteiger partial charge is 0.253 e. The van der Waals surface area contributed by atoms with Gasteiger partial charge in [-0.05, 0) is 43.4 Å². The second-order valence-corrected chi connectivity index (χ2v) is 5.44. The molecule has 0 aliphatic carbocycles. The van der Waals surface area contributed by atoms with Crippen molar-refractivity contribution in [2.24, 2.45) is 11.7 Å². The molecule has 0 aromatic heterocycles. The number of ether oxygens (including phenoxy) is 1. The third kappa shape index (κ3) is 6.17. The number of hydrogen-bond donors (Lipinski definition) is 2. The summed E-state index contributed by atoms with van der Waals surface area (Å²) in [5, 5.41) is 2.84. The SMILES string of the molecule is CC(C)CCCOC(C)C(=O)Nc1ccc(CN)cc1. The fourth-order valence-corrected chi connectivity index (χ4v) is 1.80. The van der Waals surface area contributed by atoms with Crippen LogP contribution in [0.2, 0.25) is 0 Å². The highest BCUT2D eigenvalue weighted by atomic mass is 16.5. The molecule has 0 saturated heterocycles. The number of carbonyl (C=O) groups excluding carboxylic acids is 1. The highest BCUT2D eigenvalue weighted by molar-refractivity contribution is 5.93. The molecule has 1 unspecified atom stereocenters. The van der Waals surface area contributed by atoms with Crippen LogP contribution in [-0.2, 0) is 16.1 Å². The lowest BCUT2D eigenvalue weighted by Gasteiger charge is -2.14. The van der Waals surface area contributed by atoms with Crippen LogP contribution in [0.15, 0.2) is 24.3 Å². The molecule has 1 aromatic carbocycles. The topological polar surface area (TPSA) is 64.3 Å². The van der Waals surface area contributed by atoms with Gasteiger partial charge in [-0.15, -0.1) is 0 Å². The number of anilines is 1. The van der Waals surface area contributed by atoms with Gasteiger partial charge in [0.1, 0.15) is 6.10 Å². The third-order valence-corrected chi connectivity index (χ3v) is 3.12. The van der Waals surface area contributed by atoms with E-state index in [1.165, 1.54) is 0 Å². The van der Waals surface area contributed by atoms with Crippen LogP contribution in [0.3, 0.4) is 0 Å². The van der Waals surface area contributed by atoms with E-state index in [2.05, 4.69) is 19.2 Å². The molecule has 0 spiro atoms. The molecule has 0 saturated carbocycles. The van der Waals surface area contributed by atoms with E-state index in [0.717, 1.165) is 24.1 Å². The molecule has 0 bridgehead atoms. The van der Waals surface area contributed by atoms with E-state index in [1.807, 2.05) is 24.3 Å². The predicted molar refractivity (Wildman–Crippen MR) is 82.4 cm³/mol. The zero-order chi connectivity index (χ0) is 15.0. The Balaban J connectivity index is 2.33. The second-order valence-electron chi connectivity index (χ2n) is 5.44. The van der Waals surface area contributed by atoms with Gasteiger partial charge in [-0.1, -0.05) is 26.0 Å². The van der Waals surface area contributed by atoms with Crippen molar-refractivity contribution in [1.82, 2.24) is 0 Å². The lowest BCUT2D eigenvalue weighted by Crippen LogP contribution is -2.28. The Morgan fingerprint density at radius 2 is 1.90 bits per heavy atom. The summed E-state index contributed by atoms with van der Waals surface area (Å²) in [6.07, 6.45) is 1.67. The third-order valence-electron chi connectivity index (χ3n) is 3.12. The fourth-order valence-electron chi connectivity index (χ4n) is 1.80. The zero-order valence-corrected chi connectivity index (χ0v) is 12.7. The van der Waals surface area contributed by atoms with E-state index in [-0.39, 0.29) is 5.91 Å². The molecule has 0 aliphatic heterocycles. The molecular formula is C16H26N2O2. The molecule has 1 aromatic rings. The van der Waals surface area contributed by atoms with Gasteiger partial charge in [0, 0.05) is 18.8 Å². The molecule has 0 heterocycles. The molecule has 1 atom stereocenters. The summed E-state index contributed by atoms with van der Waals surface area (Å²) in [4.78, 5) is 11.9. The number of carbonyl (C=O) groups is 1. The maximum absolute atomic E-state index is 11.9. The summed E-state index contributed by atoms with van der Waals surface area (Å²) < 4.78 is 5.54. The van der Waals surface area contributed by atoms with Gasteiger partial charge >= 0.3 is 0 Å². The number of rotatable bonds is 8. The van der Waals surface area contributed by atoms with E-state index in [1.54, 1.807) is 6.92 Å². The number of hydrogen-bond acceptors (Lipinski definition) is 3. The number of nitrogens with two attached hydrogens (primary N) is 1. The van der Waals surface area contributed by atoms with Crippen LogP contribution in [0.5, 0.6) is 0 Å². The first-order valence-electron chi connectivity index (χ1n) is 7.24. The first-order chi connectivity index (χ1) is 9.52. The van der Waals surface area contributed by atoms with Crippen LogP contribution in [0.1, 0.15) is 39.2 Å². The molecular weight excluding hydrogens is 252 g/mol. The second kappa shape index (κ2) is 8.72. The van der Waals surface area contributed by atoms with Crippen molar-refractivity contribution >= 4 is 11.6 Å². The summed E-state index contributed by atoms with van der Waals surface area (Å²) in [5.41, 5.74) is 7.34. The van der Waals surface area contributed by atoms with Crippen molar-refractivity contribution in [3.63, 3.8) is 0 Å². The summed E-state index contributed by atoms with van der Waals surface area (Å²) >= 11 is 0. The number of amides is 1. The molecule has 20 heavy (non-hydrogen) atoms. The lowest BCUT2D eigenvalue weighted by atomic mass is 10.1. The highest BCUT2D eigenvalue weighted by Crippen LogP contribution is 2.10. The Morgan fingerprint density at radius 1 is 1.25 bits per heavy atom. The van der Waals surface area contributed by atoms with Crippen LogP contribution in [0.25, 0.3) is 0 Å². The van der Waals surface area contributed by atoms with E-state index in [0.29, 0.717) is 19.1 Å². The normalized spacial score (nSPS) is 12.4. The van der Waals surface area contributed by atoms with Crippen molar-refractivity contribution in [1.29, 1.82) is 0 Å². The van der Waals surface area contributed by atoms with Crippen molar-refractivity contribution in [2.75, 3.05) is 11.9 Å². The van der Waals surface area contributed by atoms with E-state index >= 15 is 0 Å². The molecule has 4 nitrogen and oxygen atoms in total. The standard InChI is InChI=1S/C16H26N2O2/c1-12(2)5-4-10-20-13(3)16(19)18-15-8-6-14(11-17)7-9-15/h6-9,12-13H,4-5,10-11,17H2,1-3H3,(H,18,19). The largest absolute Gasteiger partial charge is 0.369 e. The quantitative estimate of drug-likeness (QED) is 0.719. The molecule has 112 valence electrons. The van der Waals surface area contributed by atoms with Crippen LogP contribution in [0.4, 0.5) is 5.69 Å². The number of benzene rings is 1. The Bertz CT molecular complexity index is 401. The van der Waals surface area contributed by atoms with Gasteiger partial charge < -0.3 is 15.8 Å². The molecule has 4 heteroatoms. The number of nitrogens with one attached hydrogen (secondary N) is 1. The first-order valence-corrected chi connectivity index (χ1v) is 7.24. The van der Waals surface area contributed by atoms with Crippen molar-refractivity contribution in [3.8, 4) is 0 Å². The molecule has 0 aliphatic rings. The van der Waals surface area contributed by atoms with Crippen molar-refractivity contribution in [2.45, 2.75) is 46.3 Å². The minimum absolute atomic E-state index is 0.116. The lowest BCUT2D eigenvalue weighted by molar-refractivity contribution is -0.126. The van der Waals surface area contributed by atoms with Crippen LogP contribution < -0.4 is 11.1 Å². The molecule has 3 N–H and O–H groups in total. The van der Waals surface area contributed by atoms with Crippen LogP contribution in [0, 0.1) is 5.92 Å². The van der Waals surface area contributed by atoms with Crippen molar-refractivity contribution in [3.05, 3.63) is 29.8 Å². The minimum atomic E-state index is -0.434. The maximum atomic E-state index is 11.9. The predicted octanol–water partition coefficient (Wildman–Crippen LogP) is 2.93. The van der Waals surface area contributed by atoms with E-state index in [9.17, 15) is 4.79 Å². The first kappa shape index (κ1) is 16.7. The average molecular weight is 278 g/mol. The Labute approximate surface area is 121 Å². The van der Waals surface area contributed by atoms with E-state index < -0.39 is 6.10 Å². The van der Waals surface area contributed by atoms with Gasteiger partial charge in [0.25, 0.3) is 5.91 Å². The Morgan fingerprint density at radius 3 is 2.45 bits per heavy atom. The van der Waals surface area contributed by atoms with Crippen LogP contribution in [-0.4, -0.2) is 18.6 Å². The maximum Gasteiger partial charge on any atom is 0.253 e. The van der Waals surface area contributed by atoms with Crippen molar-refractivity contribution < 1.29 is 9.53 Å². The van der Waals surface area contributed by atoms with E-state index in [4.69, 9.17) is 10.5 Å². The molecule has 0 fully saturated rings. The highest BCUT2D eigenvalue weighted by Gasteiger charge is 2.13. The van der Waals surface area contributed by atoms with Gasteiger partial charge in [0.15, 0.2) is 0 Å². The Kier molecular flexibility index (Phi) is 7.26. The summed E-state index contributed by atoms with van der Waals surface area (Å²) in [7, 11) is 0. The molecule has 1 amide bonds. The van der Waals surface area contributed by atoms with Gasteiger partial charge in [-0.2, -0.15) is 0 Å². The van der Waals surface area contributed by atoms with Gasteiger partial charge in [-0.3, -0.25) is 4.79 Å². The summed E-state index contributed by atoms with van der Waals surface area (Å²) in [6.45, 7) is 7.27. The minimum Gasteiger partial charge on any atom is -0.369 e. The molecule has 1 rings (SSSR count). The monoisotopic (exact) mass is 278 g/mol. The molecule has 0 radical (unpaired) electrons. The van der Waals surface area contributed by atoms with Crippen LogP contribution >= 0.6 is 0 Å². The average Bonchev–Trinajstić information content (AvgIpc) is 2.44. The Hall–Kier alpha value is -1.39. The zero-order valence-electron chi connectivity index (χ0n) is 12.7. The van der Waals surface area contributed by atoms with Gasteiger partial charge in [-0.25, -0.2) is 0 Å². The fraction of sp³-hybridized carbons (Fsp3) is 0.562.